The molecule has 0 saturated carbocycles. The molecule has 0 atom stereocenters. The fraction of sp³-hybridized carbons (Fsp3) is 0.832. The van der Waals surface area contributed by atoms with Crippen molar-refractivity contribution in [3.8, 4) is 0 Å². The van der Waals surface area contributed by atoms with Gasteiger partial charge in [0, 0.05) is 22.3 Å². The minimum atomic E-state index is 0.928. The second-order valence-corrected chi connectivity index (χ2v) is 32.8. The summed E-state index contributed by atoms with van der Waals surface area (Å²) in [5, 5.41) is 2.87. The van der Waals surface area contributed by atoms with E-state index in [-0.39, 0.29) is 0 Å². The van der Waals surface area contributed by atoms with Gasteiger partial charge in [-0.25, -0.2) is 4.70 Å². The van der Waals surface area contributed by atoms with Gasteiger partial charge in [0.25, 0.3) is 0 Å². The van der Waals surface area contributed by atoms with E-state index in [4.69, 9.17) is 0 Å². The van der Waals surface area contributed by atoms with Gasteiger partial charge in [-0.05, 0) is 80.3 Å². The summed E-state index contributed by atoms with van der Waals surface area (Å²) in [4.78, 5) is 0. The van der Waals surface area contributed by atoms with Crippen LogP contribution in [0.5, 0.6) is 0 Å². The molecule has 0 N–H and O–H groups in total. The molecule has 2 aromatic rings. The molecule has 3 heteroatoms. The Kier molecular flexibility index (Phi) is 68.9. The number of hydrogen-bond acceptors (Lipinski definition) is 0. The molecule has 0 radical (unpaired) electrons. The van der Waals surface area contributed by atoms with Gasteiger partial charge in [0.05, 0.1) is 0 Å². The summed E-state index contributed by atoms with van der Waals surface area (Å²) in [6.45, 7) is 13.7. The van der Waals surface area contributed by atoms with E-state index in [9.17, 15) is 5.53 Å². The van der Waals surface area contributed by atoms with Crippen molar-refractivity contribution in [2.75, 3.05) is 0 Å². The van der Waals surface area contributed by atoms with Crippen LogP contribution in [0.2, 0.25) is 10.8 Å². The Morgan fingerprint density at radius 1 is 0.235 bits per heavy atom. The van der Waals surface area contributed by atoms with Crippen molar-refractivity contribution in [2.24, 2.45) is 0 Å². The van der Waals surface area contributed by atoms with Crippen LogP contribution in [0.1, 0.15) is 507 Å². The minimum Gasteiger partial charge on any atom is -0.493 e. The fourth-order valence-electron chi connectivity index (χ4n) is 15.4. The van der Waals surface area contributed by atoms with E-state index >= 15 is 0 Å². The third kappa shape index (κ3) is 53.7. The molecule has 0 amide bonds. The second kappa shape index (κ2) is 73.3. The van der Waals surface area contributed by atoms with Crippen LogP contribution in [0.4, 0.5) is 0 Å². The summed E-state index contributed by atoms with van der Waals surface area (Å²) in [7, 11) is 0. The molecule has 1 heterocycles. The molecule has 0 saturated heterocycles. The normalized spacial score (nSPS) is 12.5. The summed E-state index contributed by atoms with van der Waals surface area (Å²) in [5.41, 5.74) is 21.6. The molecule has 1 aliphatic heterocycles. The first-order chi connectivity index (χ1) is 48.6. The van der Waals surface area contributed by atoms with Crippen molar-refractivity contribution in [2.45, 2.75) is 508 Å². The first-order valence-corrected chi connectivity index (χ1v) is 46.5. The van der Waals surface area contributed by atoms with E-state index in [0.29, 0.717) is 0 Å². The quantitative estimate of drug-likeness (QED) is 0.0358. The molecular weight excluding hydrogens is 1230 g/mol. The molecule has 2 aromatic carbocycles. The van der Waals surface area contributed by atoms with Gasteiger partial charge in [-0.2, -0.15) is 0 Å². The third-order valence-corrected chi connectivity index (χ3v) is 23.4. The Morgan fingerprint density at radius 3 is 0.786 bits per heavy atom. The van der Waals surface area contributed by atoms with Crippen LogP contribution in [0, 0.1) is 0 Å². The number of nitrogens with zero attached hydrogens (tertiary/aromatic N) is 2. The Morgan fingerprint density at radius 2 is 0.480 bits per heavy atom. The first kappa shape index (κ1) is 92.1. The third-order valence-electron chi connectivity index (χ3n) is 22.0. The summed E-state index contributed by atoms with van der Waals surface area (Å²) >= 11 is 2.05. The molecule has 572 valence electrons. The average Bonchev–Trinajstić information content (AvgIpc) is 1.61. The van der Waals surface area contributed by atoms with Crippen LogP contribution >= 0.6 is 0 Å². The smallest absolute Gasteiger partial charge is 0.493 e. The Labute approximate surface area is 622 Å². The number of unbranched alkanes of at least 4 members (excludes halogenated alkanes) is 62. The maximum absolute atomic E-state index is 11.9. The topological polar surface area (TPSA) is 25.3 Å². The molecule has 3 rings (SSSR count). The van der Waals surface area contributed by atoms with Crippen molar-refractivity contribution in [1.29, 1.82) is 0 Å². The van der Waals surface area contributed by atoms with Crippen LogP contribution < -0.4 is 0 Å². The predicted octanol–water partition coefficient (Wildman–Crippen LogP) is 34.9. The predicted molar refractivity (Wildman–Crippen MR) is 440 cm³/mol. The summed E-state index contributed by atoms with van der Waals surface area (Å²) in [6, 6.07) is 18.1. The van der Waals surface area contributed by atoms with Gasteiger partial charge >= 0.3 is 166 Å². The van der Waals surface area contributed by atoms with Gasteiger partial charge in [0.15, 0.2) is 0 Å². The Bertz CT molecular complexity index is 1990. The van der Waals surface area contributed by atoms with E-state index < -0.39 is 0 Å². The number of rotatable bonds is 75. The van der Waals surface area contributed by atoms with E-state index in [1.807, 2.05) is 0 Å². The molecule has 0 fully saturated rings. The molecule has 0 aliphatic carbocycles. The van der Waals surface area contributed by atoms with Gasteiger partial charge in [0.2, 0.25) is 11.4 Å². The molecule has 2 nitrogen and oxygen atoms in total. The van der Waals surface area contributed by atoms with Crippen molar-refractivity contribution in [3.05, 3.63) is 87.5 Å². The van der Waals surface area contributed by atoms with Gasteiger partial charge < -0.3 is 5.53 Å². The molecule has 0 unspecified atom stereocenters. The van der Waals surface area contributed by atoms with Crippen LogP contribution in [-0.2, 0) is 27.3 Å². The van der Waals surface area contributed by atoms with Crippen LogP contribution in [0.3, 0.4) is 0 Å². The maximum atomic E-state index is 11.9. The van der Waals surface area contributed by atoms with Crippen LogP contribution in [0.15, 0.2) is 59.7 Å². The standard InChI is InChI=1S/C41H62N2.2C27H55.Ni/c1-5-9-12-14-16-17-18-21-24-34-29-31-36(32-30-34)40-39(28-22-19-15-13-10-6-2)38(8-4)41(43(40)42)37-27-23-26-35(33-37)25-20-11-7-3;2*1-3-5-7-9-11-13-15-17-19-21-23-25-27-26-24-22-20-18-16-14-12-10-8-6-4-2;/h23,26-27,29-33H,5-22,24-25,28H2,1-4H3;2*1,3-27H2,2H3;. The van der Waals surface area contributed by atoms with E-state index in [1.165, 1.54) is 463 Å². The summed E-state index contributed by atoms with van der Waals surface area (Å²) in [5.74, 6) is 0. The summed E-state index contributed by atoms with van der Waals surface area (Å²) < 4.78 is 1.55. The van der Waals surface area contributed by atoms with Crippen LogP contribution in [-0.4, -0.2) is 4.70 Å². The average molecular weight is 1400 g/mol. The zero-order valence-corrected chi connectivity index (χ0v) is 68.4. The monoisotopic (exact) mass is 1400 g/mol. The molecule has 0 aromatic heterocycles. The zero-order valence-electron chi connectivity index (χ0n) is 67.4. The van der Waals surface area contributed by atoms with Crippen molar-refractivity contribution in [1.82, 2.24) is 0 Å². The van der Waals surface area contributed by atoms with E-state index in [2.05, 4.69) is 105 Å². The van der Waals surface area contributed by atoms with Crippen LogP contribution in [0.25, 0.3) is 16.9 Å². The molecule has 98 heavy (non-hydrogen) atoms. The van der Waals surface area contributed by atoms with Crippen molar-refractivity contribution in [3.63, 3.8) is 0 Å². The second-order valence-electron chi connectivity index (χ2n) is 31.4. The molecule has 0 bridgehead atoms. The summed E-state index contributed by atoms with van der Waals surface area (Å²) in [6.07, 6.45) is 101. The van der Waals surface area contributed by atoms with E-state index in [1.54, 1.807) is 4.70 Å². The minimum absolute atomic E-state index is 0.928. The molecule has 1 aliphatic rings. The number of aryl methyl sites for hydroxylation is 2. The molecule has 0 spiro atoms. The number of benzene rings is 2. The Hall–Kier alpha value is -1.99. The van der Waals surface area contributed by atoms with Gasteiger partial charge in [-0.15, -0.1) is 0 Å². The number of hydrogen-bond donors (Lipinski definition) is 0. The van der Waals surface area contributed by atoms with E-state index in [0.717, 1.165) is 48.2 Å². The SMILES string of the molecule is CCCCCCCCCCCCCCCCCCCCCCCCCC[CH2][Ni][CH2]CCCCCCCCCCCCCCCCCCCCCCCCCC.CCCCCCCCCCc1ccc(C2=C(CCCCCCCC)C(CC)=C(c3cccc(CCCCC)c3)[N+]2=[N-])cc1. The van der Waals surface area contributed by atoms with Gasteiger partial charge in [0.1, 0.15) is 0 Å². The fourth-order valence-corrected chi connectivity index (χ4v) is 16.6. The zero-order chi connectivity index (χ0) is 70.2. The molecular formula is C95H172N2Ni. The van der Waals surface area contributed by atoms with Crippen molar-refractivity contribution >= 4 is 11.4 Å². The van der Waals surface area contributed by atoms with Gasteiger partial charge in [-0.3, -0.25) is 0 Å². The van der Waals surface area contributed by atoms with Gasteiger partial charge in [-0.1, -0.05) is 335 Å². The van der Waals surface area contributed by atoms with Crippen molar-refractivity contribution < 1.29 is 19.1 Å². The Balaban J connectivity index is 0.000000684. The number of allylic oxidation sites excluding steroid dienone is 2. The first-order valence-electron chi connectivity index (χ1n) is 45.1.